The van der Waals surface area contributed by atoms with Gasteiger partial charge in [-0.1, -0.05) is 38.1 Å². The molecule has 0 spiro atoms. The minimum absolute atomic E-state index is 0.0616. The highest BCUT2D eigenvalue weighted by Crippen LogP contribution is 2.21. The molecule has 0 aliphatic carbocycles. The molecule has 1 heterocycles. The summed E-state index contributed by atoms with van der Waals surface area (Å²) in [7, 11) is -3.52. The van der Waals surface area contributed by atoms with Crippen molar-refractivity contribution in [1.29, 1.82) is 0 Å². The van der Waals surface area contributed by atoms with E-state index in [1.807, 2.05) is 44.2 Å². The third-order valence-electron chi connectivity index (χ3n) is 5.03. The van der Waals surface area contributed by atoms with E-state index in [0.717, 1.165) is 10.9 Å². The zero-order valence-corrected chi connectivity index (χ0v) is 18.6. The van der Waals surface area contributed by atoms with Gasteiger partial charge in [0.2, 0.25) is 5.91 Å². The molecule has 0 aliphatic rings. The summed E-state index contributed by atoms with van der Waals surface area (Å²) in [6, 6.07) is 8.20. The largest absolute Gasteiger partial charge is 0.480 e. The number of nitrogens with one attached hydrogen (secondary N) is 1. The van der Waals surface area contributed by atoms with Crippen LogP contribution in [0.5, 0.6) is 0 Å². The third kappa shape index (κ3) is 6.26. The van der Waals surface area contributed by atoms with Gasteiger partial charge < -0.3 is 10.4 Å². The number of carbonyl (C=O) groups is 2. The molecule has 0 unspecified atom stereocenters. The first-order valence-electron chi connectivity index (χ1n) is 10.1. The fraction of sp³-hybridized carbons (Fsp3) is 0.500. The van der Waals surface area contributed by atoms with Crippen LogP contribution in [0.3, 0.4) is 0 Å². The first-order valence-corrected chi connectivity index (χ1v) is 11.8. The fourth-order valence-electron chi connectivity index (χ4n) is 3.28. The Kier molecular flexibility index (Phi) is 7.95. The van der Waals surface area contributed by atoms with Crippen LogP contribution in [0.1, 0.15) is 39.7 Å². The average molecular weight is 435 g/mol. The molecule has 2 atom stereocenters. The number of carboxylic acid groups (broad SMARTS) is 1. The number of benzene rings is 1. The van der Waals surface area contributed by atoms with Gasteiger partial charge >= 0.3 is 5.97 Å². The summed E-state index contributed by atoms with van der Waals surface area (Å²) in [6.45, 7) is 6.88. The van der Waals surface area contributed by atoms with Crippen LogP contribution < -0.4 is 5.32 Å². The van der Waals surface area contributed by atoms with E-state index in [1.165, 1.54) is 0 Å². The normalized spacial score (nSPS) is 14.1. The van der Waals surface area contributed by atoms with Crippen LogP contribution in [0.2, 0.25) is 0 Å². The number of para-hydroxylation sites is 1. The Labute approximate surface area is 177 Å². The zero-order chi connectivity index (χ0) is 22.5. The van der Waals surface area contributed by atoms with Crippen molar-refractivity contribution in [2.75, 3.05) is 5.75 Å². The van der Waals surface area contributed by atoms with E-state index in [1.54, 1.807) is 20.0 Å². The molecule has 0 saturated carbocycles. The Hall–Kier alpha value is -2.48. The van der Waals surface area contributed by atoms with Gasteiger partial charge in [0.05, 0.1) is 22.4 Å². The van der Waals surface area contributed by atoms with Crippen molar-refractivity contribution in [3.8, 4) is 0 Å². The second-order valence-corrected chi connectivity index (χ2v) is 10.9. The maximum Gasteiger partial charge on any atom is 0.326 e. The Morgan fingerprint density at radius 2 is 1.77 bits per heavy atom. The summed E-state index contributed by atoms with van der Waals surface area (Å²) < 4.78 is 25.2. The van der Waals surface area contributed by atoms with Crippen molar-refractivity contribution >= 4 is 32.6 Å². The molecule has 7 nitrogen and oxygen atoms in total. The van der Waals surface area contributed by atoms with Gasteiger partial charge in [-0.3, -0.25) is 9.78 Å². The Morgan fingerprint density at radius 3 is 2.37 bits per heavy atom. The van der Waals surface area contributed by atoms with Crippen LogP contribution in [0.25, 0.3) is 10.9 Å². The standard InChI is InChI=1S/C22H30N2O5S/c1-14(2)11-19(22(26)27)24-21(25)18(13-30(28,29)15(3)4)12-17-8-5-7-16-9-6-10-23-20(16)17/h5-10,14-15,18-19H,11-13H2,1-4H3,(H,24,25)(H,26,27)/t18-,19+/m1/s1. The molecule has 2 N–H and O–H groups in total. The molecule has 0 radical (unpaired) electrons. The molecule has 8 heteroatoms. The summed E-state index contributed by atoms with van der Waals surface area (Å²) >= 11 is 0. The Bertz CT molecular complexity index is 996. The van der Waals surface area contributed by atoms with E-state index in [-0.39, 0.29) is 24.5 Å². The van der Waals surface area contributed by atoms with Crippen molar-refractivity contribution in [3.63, 3.8) is 0 Å². The molecule has 1 aromatic carbocycles. The number of pyridine rings is 1. The van der Waals surface area contributed by atoms with Crippen LogP contribution in [0.15, 0.2) is 36.5 Å². The first-order chi connectivity index (χ1) is 14.0. The van der Waals surface area contributed by atoms with E-state index in [9.17, 15) is 23.1 Å². The second-order valence-electron chi connectivity index (χ2n) is 8.30. The average Bonchev–Trinajstić information content (AvgIpc) is 2.66. The molecule has 30 heavy (non-hydrogen) atoms. The fourth-order valence-corrected chi connectivity index (χ4v) is 4.50. The summed E-state index contributed by atoms with van der Waals surface area (Å²) in [5, 5.41) is 12.3. The molecule has 2 rings (SSSR count). The summed E-state index contributed by atoms with van der Waals surface area (Å²) in [5.41, 5.74) is 1.46. The summed E-state index contributed by atoms with van der Waals surface area (Å²) in [4.78, 5) is 29.0. The summed E-state index contributed by atoms with van der Waals surface area (Å²) in [5.74, 6) is -2.91. The second kappa shape index (κ2) is 10.0. The van der Waals surface area contributed by atoms with Crippen molar-refractivity contribution in [1.82, 2.24) is 10.3 Å². The quantitative estimate of drug-likeness (QED) is 0.594. The molecule has 0 bridgehead atoms. The smallest absolute Gasteiger partial charge is 0.326 e. The van der Waals surface area contributed by atoms with Crippen LogP contribution in [0.4, 0.5) is 0 Å². The number of rotatable bonds is 10. The Balaban J connectivity index is 2.36. The SMILES string of the molecule is CC(C)C[C@H](NC(=O)[C@H](Cc1cccc2cccnc12)CS(=O)(=O)C(C)C)C(=O)O. The van der Waals surface area contributed by atoms with Crippen LogP contribution in [-0.2, 0) is 25.8 Å². The number of sulfone groups is 1. The maximum atomic E-state index is 13.0. The van der Waals surface area contributed by atoms with Crippen molar-refractivity contribution in [2.24, 2.45) is 11.8 Å². The number of carboxylic acids is 1. The van der Waals surface area contributed by atoms with E-state index in [2.05, 4.69) is 10.3 Å². The lowest BCUT2D eigenvalue weighted by Crippen LogP contribution is -2.46. The van der Waals surface area contributed by atoms with Gasteiger partial charge in [0.15, 0.2) is 9.84 Å². The number of fused-ring (bicyclic) bond motifs is 1. The highest BCUT2D eigenvalue weighted by molar-refractivity contribution is 7.92. The van der Waals surface area contributed by atoms with E-state index < -0.39 is 38.9 Å². The molecule has 1 aromatic heterocycles. The van der Waals surface area contributed by atoms with Crippen molar-refractivity contribution in [3.05, 3.63) is 42.1 Å². The molecule has 0 fully saturated rings. The van der Waals surface area contributed by atoms with Gasteiger partial charge in [0.25, 0.3) is 0 Å². The van der Waals surface area contributed by atoms with E-state index >= 15 is 0 Å². The highest BCUT2D eigenvalue weighted by atomic mass is 32.2. The molecule has 0 saturated heterocycles. The zero-order valence-electron chi connectivity index (χ0n) is 17.8. The van der Waals surface area contributed by atoms with Gasteiger partial charge in [0, 0.05) is 11.6 Å². The van der Waals surface area contributed by atoms with Gasteiger partial charge in [-0.15, -0.1) is 0 Å². The lowest BCUT2D eigenvalue weighted by atomic mass is 9.96. The van der Waals surface area contributed by atoms with Crippen LogP contribution in [0, 0.1) is 11.8 Å². The number of aliphatic carboxylic acids is 1. The first kappa shape index (κ1) is 23.8. The van der Waals surface area contributed by atoms with Crippen molar-refractivity contribution < 1.29 is 23.1 Å². The van der Waals surface area contributed by atoms with Crippen LogP contribution in [-0.4, -0.2) is 47.4 Å². The van der Waals surface area contributed by atoms with Crippen molar-refractivity contribution in [2.45, 2.75) is 51.8 Å². The number of carbonyl (C=O) groups excluding carboxylic acids is 1. The summed E-state index contributed by atoms with van der Waals surface area (Å²) in [6.07, 6.45) is 2.07. The number of hydrogen-bond donors (Lipinski definition) is 2. The molecular weight excluding hydrogens is 404 g/mol. The van der Waals surface area contributed by atoms with E-state index in [4.69, 9.17) is 0 Å². The van der Waals surface area contributed by atoms with Gasteiger partial charge in [-0.25, -0.2) is 13.2 Å². The monoisotopic (exact) mass is 434 g/mol. The van der Waals surface area contributed by atoms with E-state index in [0.29, 0.717) is 5.52 Å². The van der Waals surface area contributed by atoms with Crippen LogP contribution >= 0.6 is 0 Å². The number of hydrogen-bond acceptors (Lipinski definition) is 5. The highest BCUT2D eigenvalue weighted by Gasteiger charge is 2.31. The Morgan fingerprint density at radius 1 is 1.10 bits per heavy atom. The molecular formula is C22H30N2O5S. The lowest BCUT2D eigenvalue weighted by molar-refractivity contribution is -0.142. The lowest BCUT2D eigenvalue weighted by Gasteiger charge is -2.22. The predicted molar refractivity (Wildman–Crippen MR) is 117 cm³/mol. The molecule has 2 aromatic rings. The number of amides is 1. The molecule has 164 valence electrons. The number of nitrogens with zero attached hydrogens (tertiary/aromatic N) is 1. The van der Waals surface area contributed by atoms with Gasteiger partial charge in [-0.2, -0.15) is 0 Å². The predicted octanol–water partition coefficient (Wildman–Crippen LogP) is 2.83. The van der Waals surface area contributed by atoms with Gasteiger partial charge in [-0.05, 0) is 44.2 Å². The third-order valence-corrected chi connectivity index (χ3v) is 7.33. The molecule has 1 amide bonds. The molecule has 0 aliphatic heterocycles. The minimum atomic E-state index is -3.52. The van der Waals surface area contributed by atoms with Gasteiger partial charge in [0.1, 0.15) is 6.04 Å². The topological polar surface area (TPSA) is 113 Å². The maximum absolute atomic E-state index is 13.0. The minimum Gasteiger partial charge on any atom is -0.480 e. The number of aromatic nitrogens is 1.